The fourth-order valence-electron chi connectivity index (χ4n) is 2.84. The van der Waals surface area contributed by atoms with E-state index in [0.717, 1.165) is 32.4 Å². The lowest BCUT2D eigenvalue weighted by atomic mass is 9.74. The molecule has 2 unspecified atom stereocenters. The molecule has 2 N–H and O–H groups in total. The molecule has 0 bridgehead atoms. The van der Waals surface area contributed by atoms with Crippen LogP contribution in [-0.2, 0) is 4.79 Å². The summed E-state index contributed by atoms with van der Waals surface area (Å²) in [6.45, 7) is 5.84. The number of nitrogens with one attached hydrogen (secondary N) is 1. The number of urea groups is 1. The van der Waals surface area contributed by atoms with Gasteiger partial charge in [-0.15, -0.1) is 0 Å². The van der Waals surface area contributed by atoms with Gasteiger partial charge in [-0.05, 0) is 31.1 Å². The molecule has 5 heteroatoms. The van der Waals surface area contributed by atoms with Crippen LogP contribution in [0.4, 0.5) is 4.79 Å². The van der Waals surface area contributed by atoms with Crippen molar-refractivity contribution in [1.29, 1.82) is 0 Å². The molecule has 2 fully saturated rings. The van der Waals surface area contributed by atoms with Crippen LogP contribution in [0.3, 0.4) is 0 Å². The van der Waals surface area contributed by atoms with Gasteiger partial charge in [0.25, 0.3) is 0 Å². The second-order valence-corrected chi connectivity index (χ2v) is 5.99. The van der Waals surface area contributed by atoms with Crippen LogP contribution in [-0.4, -0.2) is 40.6 Å². The van der Waals surface area contributed by atoms with Crippen LogP contribution >= 0.6 is 0 Å². The van der Waals surface area contributed by atoms with Crippen LogP contribution in [0.2, 0.25) is 0 Å². The van der Waals surface area contributed by atoms with Gasteiger partial charge in [-0.25, -0.2) is 4.79 Å². The van der Waals surface area contributed by atoms with Crippen molar-refractivity contribution in [3.8, 4) is 0 Å². The van der Waals surface area contributed by atoms with Gasteiger partial charge in [-0.3, -0.25) is 4.79 Å². The lowest BCUT2D eigenvalue weighted by Gasteiger charge is -2.42. The first kappa shape index (κ1) is 13.2. The molecule has 2 rings (SSSR count). The Kier molecular flexibility index (Phi) is 3.50. The van der Waals surface area contributed by atoms with Gasteiger partial charge in [0.2, 0.25) is 0 Å². The molecule has 1 saturated carbocycles. The Morgan fingerprint density at radius 3 is 2.22 bits per heavy atom. The van der Waals surface area contributed by atoms with Gasteiger partial charge in [0.1, 0.15) is 0 Å². The highest BCUT2D eigenvalue weighted by atomic mass is 16.4. The van der Waals surface area contributed by atoms with Crippen molar-refractivity contribution in [1.82, 2.24) is 10.2 Å². The van der Waals surface area contributed by atoms with Gasteiger partial charge in [0.15, 0.2) is 0 Å². The maximum absolute atomic E-state index is 12.1. The highest BCUT2D eigenvalue weighted by molar-refractivity contribution is 5.77. The summed E-state index contributed by atoms with van der Waals surface area (Å²) in [4.78, 5) is 24.8. The average molecular weight is 254 g/mol. The third-order valence-electron chi connectivity index (χ3n) is 4.45. The Balaban J connectivity index is 1.92. The first-order chi connectivity index (χ1) is 8.42. The lowest BCUT2D eigenvalue weighted by molar-refractivity contribution is -0.139. The number of carbonyl (C=O) groups is 2. The molecule has 1 saturated heterocycles. The van der Waals surface area contributed by atoms with Gasteiger partial charge in [-0.2, -0.15) is 0 Å². The Hall–Kier alpha value is -1.26. The van der Waals surface area contributed by atoms with Crippen LogP contribution < -0.4 is 5.32 Å². The number of aliphatic carboxylic acids is 1. The summed E-state index contributed by atoms with van der Waals surface area (Å²) in [6, 6.07) is -0.0906. The second-order valence-electron chi connectivity index (χ2n) is 5.99. The quantitative estimate of drug-likeness (QED) is 0.805. The first-order valence-electron chi connectivity index (χ1n) is 6.71. The molecule has 0 spiro atoms. The number of nitrogens with zero attached hydrogens (tertiary/aromatic N) is 1. The lowest BCUT2D eigenvalue weighted by Crippen LogP contribution is -2.57. The molecule has 2 aliphatic rings. The minimum atomic E-state index is -0.835. The first-order valence-corrected chi connectivity index (χ1v) is 6.71. The van der Waals surface area contributed by atoms with Crippen molar-refractivity contribution in [2.75, 3.05) is 13.1 Å². The van der Waals surface area contributed by atoms with Crippen molar-refractivity contribution in [2.45, 2.75) is 45.1 Å². The molecule has 18 heavy (non-hydrogen) atoms. The highest BCUT2D eigenvalue weighted by Gasteiger charge is 2.42. The molecule has 2 amide bonds. The minimum Gasteiger partial charge on any atom is -0.481 e. The minimum absolute atomic E-state index is 0.0394. The van der Waals surface area contributed by atoms with E-state index in [0.29, 0.717) is 11.8 Å². The number of rotatable bonds is 3. The van der Waals surface area contributed by atoms with Crippen molar-refractivity contribution in [3.63, 3.8) is 0 Å². The standard InChI is InChI=1S/C13H22N2O3/c1-9-7-15(8-10(9)2)12(18)14-13(4-3-5-13)6-11(16)17/h9-10H,3-8H2,1-2H3,(H,14,18)(H,16,17). The molecule has 1 aliphatic carbocycles. The molecule has 2 atom stereocenters. The van der Waals surface area contributed by atoms with Gasteiger partial charge < -0.3 is 15.3 Å². The van der Waals surface area contributed by atoms with Crippen molar-refractivity contribution < 1.29 is 14.7 Å². The van der Waals surface area contributed by atoms with Gasteiger partial charge in [0.05, 0.1) is 12.0 Å². The number of hydrogen-bond acceptors (Lipinski definition) is 2. The van der Waals surface area contributed by atoms with E-state index in [9.17, 15) is 9.59 Å². The molecule has 5 nitrogen and oxygen atoms in total. The van der Waals surface area contributed by atoms with Gasteiger partial charge in [0, 0.05) is 13.1 Å². The molecule has 102 valence electrons. The zero-order valence-electron chi connectivity index (χ0n) is 11.1. The van der Waals surface area contributed by atoms with E-state index in [-0.39, 0.29) is 12.5 Å². The number of carbonyl (C=O) groups excluding carboxylic acids is 1. The summed E-state index contributed by atoms with van der Waals surface area (Å²) >= 11 is 0. The number of carboxylic acids is 1. The predicted molar refractivity (Wildman–Crippen MR) is 67.3 cm³/mol. The number of likely N-dealkylation sites (tertiary alicyclic amines) is 1. The summed E-state index contributed by atoms with van der Waals surface area (Å²) in [5, 5.41) is 11.9. The summed E-state index contributed by atoms with van der Waals surface area (Å²) in [5.41, 5.74) is -0.488. The van der Waals surface area contributed by atoms with Crippen LogP contribution in [0.5, 0.6) is 0 Å². The van der Waals surface area contributed by atoms with E-state index in [2.05, 4.69) is 19.2 Å². The maximum atomic E-state index is 12.1. The molecule has 0 aromatic rings. The van der Waals surface area contributed by atoms with E-state index >= 15 is 0 Å². The van der Waals surface area contributed by atoms with Crippen molar-refractivity contribution >= 4 is 12.0 Å². The Morgan fingerprint density at radius 2 is 1.83 bits per heavy atom. The monoisotopic (exact) mass is 254 g/mol. The third-order valence-corrected chi connectivity index (χ3v) is 4.45. The number of amides is 2. The summed E-state index contributed by atoms with van der Waals surface area (Å²) in [5.74, 6) is 0.207. The average Bonchev–Trinajstić information content (AvgIpc) is 2.55. The zero-order chi connectivity index (χ0) is 13.3. The van der Waals surface area contributed by atoms with Crippen LogP contribution in [0.1, 0.15) is 39.5 Å². The van der Waals surface area contributed by atoms with Crippen molar-refractivity contribution in [2.24, 2.45) is 11.8 Å². The smallest absolute Gasteiger partial charge is 0.317 e. The Bertz CT molecular complexity index is 342. The van der Waals surface area contributed by atoms with E-state index in [1.54, 1.807) is 0 Å². The largest absolute Gasteiger partial charge is 0.481 e. The molecule has 1 aliphatic heterocycles. The van der Waals surface area contributed by atoms with Crippen molar-refractivity contribution in [3.05, 3.63) is 0 Å². The normalized spacial score (nSPS) is 29.8. The zero-order valence-corrected chi connectivity index (χ0v) is 11.1. The predicted octanol–water partition coefficient (Wildman–Crippen LogP) is 1.68. The summed E-state index contributed by atoms with van der Waals surface area (Å²) in [6.07, 6.45) is 2.60. The molecule has 0 aromatic carbocycles. The van der Waals surface area contributed by atoms with E-state index < -0.39 is 11.5 Å². The SMILES string of the molecule is CC1CN(C(=O)NC2(CC(=O)O)CCC2)CC1C. The van der Waals surface area contributed by atoms with Crippen LogP contribution in [0.15, 0.2) is 0 Å². The number of hydrogen-bond donors (Lipinski definition) is 2. The topological polar surface area (TPSA) is 69.6 Å². The van der Waals surface area contributed by atoms with E-state index in [4.69, 9.17) is 5.11 Å². The third kappa shape index (κ3) is 2.60. The van der Waals surface area contributed by atoms with Crippen LogP contribution in [0, 0.1) is 11.8 Å². The fourth-order valence-corrected chi connectivity index (χ4v) is 2.84. The highest BCUT2D eigenvalue weighted by Crippen LogP contribution is 2.35. The van der Waals surface area contributed by atoms with Gasteiger partial charge in [-0.1, -0.05) is 13.8 Å². The summed E-state index contributed by atoms with van der Waals surface area (Å²) < 4.78 is 0. The van der Waals surface area contributed by atoms with E-state index in [1.807, 2.05) is 4.90 Å². The molecular formula is C13H22N2O3. The Morgan fingerprint density at radius 1 is 1.28 bits per heavy atom. The molecular weight excluding hydrogens is 232 g/mol. The maximum Gasteiger partial charge on any atom is 0.317 e. The molecule has 0 radical (unpaired) electrons. The van der Waals surface area contributed by atoms with E-state index in [1.165, 1.54) is 0 Å². The second kappa shape index (κ2) is 4.78. The molecule has 0 aromatic heterocycles. The van der Waals surface area contributed by atoms with Gasteiger partial charge >= 0.3 is 12.0 Å². The summed E-state index contributed by atoms with van der Waals surface area (Å²) in [7, 11) is 0. The Labute approximate surface area is 108 Å². The van der Waals surface area contributed by atoms with Crippen LogP contribution in [0.25, 0.3) is 0 Å². The number of carboxylic acid groups (broad SMARTS) is 1. The fraction of sp³-hybridized carbons (Fsp3) is 0.846. The molecule has 1 heterocycles.